The number of imidazole rings is 1. The number of fused-ring (bicyclic) bond motifs is 1. The van der Waals surface area contributed by atoms with E-state index in [1.807, 2.05) is 6.92 Å². The summed E-state index contributed by atoms with van der Waals surface area (Å²) in [4.78, 5) is 32.0. The Bertz CT molecular complexity index is 734. The summed E-state index contributed by atoms with van der Waals surface area (Å²) in [6, 6.07) is 0. The van der Waals surface area contributed by atoms with E-state index in [2.05, 4.69) is 9.97 Å². The van der Waals surface area contributed by atoms with E-state index in [1.165, 1.54) is 30.2 Å². The Labute approximate surface area is 122 Å². The quantitative estimate of drug-likeness (QED) is 0.934. The third-order valence-electron chi connectivity index (χ3n) is 4.41. The largest absolute Gasteiger partial charge is 0.339 e. The minimum atomic E-state index is -0.255. The van der Waals surface area contributed by atoms with Crippen LogP contribution in [0.4, 0.5) is 0 Å². The molecule has 1 aliphatic rings. The molecule has 1 fully saturated rings. The van der Waals surface area contributed by atoms with Crippen molar-refractivity contribution >= 4 is 11.2 Å². The number of aromatic amines is 1. The molecule has 21 heavy (non-hydrogen) atoms. The minimum Gasteiger partial charge on any atom is -0.339 e. The monoisotopic (exact) mass is 290 g/mol. The lowest BCUT2D eigenvalue weighted by molar-refractivity contribution is 0.314. The maximum atomic E-state index is 12.6. The first-order chi connectivity index (χ1) is 10.2. The van der Waals surface area contributed by atoms with Gasteiger partial charge < -0.3 is 4.98 Å². The fourth-order valence-corrected chi connectivity index (χ4v) is 3.32. The molecule has 1 saturated carbocycles. The second-order valence-corrected chi connectivity index (χ2v) is 5.96. The average molecular weight is 290 g/mol. The van der Waals surface area contributed by atoms with E-state index >= 15 is 0 Å². The summed E-state index contributed by atoms with van der Waals surface area (Å²) in [5, 5.41) is 0. The summed E-state index contributed by atoms with van der Waals surface area (Å²) in [5.74, 6) is 0.518. The van der Waals surface area contributed by atoms with E-state index in [4.69, 9.17) is 0 Å². The third kappa shape index (κ3) is 2.54. The van der Waals surface area contributed by atoms with Crippen LogP contribution in [-0.4, -0.2) is 19.1 Å². The van der Waals surface area contributed by atoms with Gasteiger partial charge in [-0.3, -0.25) is 13.9 Å². The van der Waals surface area contributed by atoms with Gasteiger partial charge in [0.15, 0.2) is 5.65 Å². The van der Waals surface area contributed by atoms with Crippen LogP contribution in [0, 0.1) is 5.92 Å². The predicted molar refractivity (Wildman–Crippen MR) is 81.5 cm³/mol. The molecule has 6 nitrogen and oxygen atoms in total. The molecule has 2 aromatic heterocycles. The fourth-order valence-electron chi connectivity index (χ4n) is 3.32. The molecule has 0 radical (unpaired) electrons. The van der Waals surface area contributed by atoms with E-state index in [0.29, 0.717) is 30.2 Å². The van der Waals surface area contributed by atoms with Gasteiger partial charge >= 0.3 is 5.69 Å². The Morgan fingerprint density at radius 1 is 1.24 bits per heavy atom. The summed E-state index contributed by atoms with van der Waals surface area (Å²) in [7, 11) is 0. The molecular weight excluding hydrogens is 268 g/mol. The molecule has 0 saturated heterocycles. The first kappa shape index (κ1) is 14.1. The van der Waals surface area contributed by atoms with Gasteiger partial charge in [-0.1, -0.05) is 26.2 Å². The van der Waals surface area contributed by atoms with E-state index in [9.17, 15) is 9.59 Å². The number of aromatic nitrogens is 4. The van der Waals surface area contributed by atoms with Crippen LogP contribution >= 0.6 is 0 Å². The van der Waals surface area contributed by atoms with Gasteiger partial charge in [-0.15, -0.1) is 0 Å². The van der Waals surface area contributed by atoms with Crippen LogP contribution in [0.15, 0.2) is 15.9 Å². The SMILES string of the molecule is CCCn1c(=O)c2[nH]cnc2n(CC2CCCCC2)c1=O. The molecule has 6 heteroatoms. The van der Waals surface area contributed by atoms with E-state index in [-0.39, 0.29) is 11.2 Å². The summed E-state index contributed by atoms with van der Waals surface area (Å²) in [6.07, 6.45) is 8.34. The van der Waals surface area contributed by atoms with Crippen LogP contribution in [-0.2, 0) is 13.1 Å². The van der Waals surface area contributed by atoms with Crippen molar-refractivity contribution in [3.63, 3.8) is 0 Å². The van der Waals surface area contributed by atoms with Crippen molar-refractivity contribution in [2.45, 2.75) is 58.5 Å². The van der Waals surface area contributed by atoms with Crippen molar-refractivity contribution in [2.75, 3.05) is 0 Å². The molecule has 114 valence electrons. The highest BCUT2D eigenvalue weighted by Gasteiger charge is 2.19. The van der Waals surface area contributed by atoms with Crippen molar-refractivity contribution in [2.24, 2.45) is 5.92 Å². The number of hydrogen-bond acceptors (Lipinski definition) is 3. The molecule has 1 aliphatic carbocycles. The number of hydrogen-bond donors (Lipinski definition) is 1. The van der Waals surface area contributed by atoms with Crippen molar-refractivity contribution in [3.05, 3.63) is 27.2 Å². The van der Waals surface area contributed by atoms with Crippen LogP contribution in [0.5, 0.6) is 0 Å². The number of nitrogens with zero attached hydrogens (tertiary/aromatic N) is 3. The van der Waals surface area contributed by atoms with Gasteiger partial charge in [-0.05, 0) is 25.2 Å². The zero-order valence-electron chi connectivity index (χ0n) is 12.5. The highest BCUT2D eigenvalue weighted by atomic mass is 16.2. The van der Waals surface area contributed by atoms with Crippen LogP contribution in [0.2, 0.25) is 0 Å². The van der Waals surface area contributed by atoms with Gasteiger partial charge in [0, 0.05) is 13.1 Å². The third-order valence-corrected chi connectivity index (χ3v) is 4.41. The Morgan fingerprint density at radius 3 is 2.71 bits per heavy atom. The first-order valence-corrected chi connectivity index (χ1v) is 7.89. The standard InChI is InChI=1S/C15H22N4O2/c1-2-8-18-14(20)12-13(17-10-16-12)19(15(18)21)9-11-6-4-3-5-7-11/h10-11H,2-9H2,1H3,(H,16,17). The minimum absolute atomic E-state index is 0.216. The molecule has 2 heterocycles. The highest BCUT2D eigenvalue weighted by molar-refractivity contribution is 5.68. The van der Waals surface area contributed by atoms with Crippen molar-refractivity contribution < 1.29 is 0 Å². The molecule has 0 aromatic carbocycles. The lowest BCUT2D eigenvalue weighted by Crippen LogP contribution is -2.41. The molecule has 0 unspecified atom stereocenters. The first-order valence-electron chi connectivity index (χ1n) is 7.89. The molecule has 0 atom stereocenters. The zero-order chi connectivity index (χ0) is 14.8. The van der Waals surface area contributed by atoms with Crippen LogP contribution in [0.3, 0.4) is 0 Å². The second kappa shape index (κ2) is 5.87. The second-order valence-electron chi connectivity index (χ2n) is 5.96. The Balaban J connectivity index is 2.09. The van der Waals surface area contributed by atoms with Crippen molar-refractivity contribution in [3.8, 4) is 0 Å². The summed E-state index contributed by atoms with van der Waals surface area (Å²) in [6.45, 7) is 3.09. The smallest absolute Gasteiger partial charge is 0.332 e. The molecular formula is C15H22N4O2. The predicted octanol–water partition coefficient (Wildman–Crippen LogP) is 1.88. The van der Waals surface area contributed by atoms with E-state index in [0.717, 1.165) is 19.3 Å². The van der Waals surface area contributed by atoms with Gasteiger partial charge in [0.2, 0.25) is 0 Å². The Morgan fingerprint density at radius 2 is 2.00 bits per heavy atom. The molecule has 2 aromatic rings. The maximum absolute atomic E-state index is 12.6. The lowest BCUT2D eigenvalue weighted by atomic mass is 9.89. The summed E-state index contributed by atoms with van der Waals surface area (Å²) in [5.41, 5.74) is 0.475. The van der Waals surface area contributed by atoms with Crippen molar-refractivity contribution in [1.82, 2.24) is 19.1 Å². The topological polar surface area (TPSA) is 72.7 Å². The molecule has 3 rings (SSSR count). The van der Waals surface area contributed by atoms with Gasteiger partial charge in [0.25, 0.3) is 5.56 Å². The summed E-state index contributed by atoms with van der Waals surface area (Å²) >= 11 is 0. The van der Waals surface area contributed by atoms with E-state index in [1.54, 1.807) is 4.57 Å². The highest BCUT2D eigenvalue weighted by Crippen LogP contribution is 2.25. The molecule has 0 bridgehead atoms. The normalized spacial score (nSPS) is 16.6. The van der Waals surface area contributed by atoms with Crippen LogP contribution in [0.25, 0.3) is 11.2 Å². The van der Waals surface area contributed by atoms with Gasteiger partial charge in [-0.2, -0.15) is 0 Å². The number of nitrogens with one attached hydrogen (secondary N) is 1. The van der Waals surface area contributed by atoms with Gasteiger partial charge in [0.1, 0.15) is 5.52 Å². The summed E-state index contributed by atoms with van der Waals surface area (Å²) < 4.78 is 3.03. The van der Waals surface area contributed by atoms with Crippen molar-refractivity contribution in [1.29, 1.82) is 0 Å². The lowest BCUT2D eigenvalue weighted by Gasteiger charge is -2.22. The Hall–Kier alpha value is -1.85. The molecule has 0 spiro atoms. The van der Waals surface area contributed by atoms with Gasteiger partial charge in [-0.25, -0.2) is 9.78 Å². The van der Waals surface area contributed by atoms with Crippen LogP contribution in [0.1, 0.15) is 45.4 Å². The van der Waals surface area contributed by atoms with E-state index < -0.39 is 0 Å². The van der Waals surface area contributed by atoms with Crippen LogP contribution < -0.4 is 11.2 Å². The van der Waals surface area contributed by atoms with Gasteiger partial charge in [0.05, 0.1) is 6.33 Å². The fraction of sp³-hybridized carbons (Fsp3) is 0.667. The average Bonchev–Trinajstić information content (AvgIpc) is 2.99. The maximum Gasteiger partial charge on any atom is 0.332 e. The number of H-pyrrole nitrogens is 1. The molecule has 1 N–H and O–H groups in total. The Kier molecular flexibility index (Phi) is 3.94. The molecule has 0 aliphatic heterocycles. The molecule has 0 amide bonds. The zero-order valence-corrected chi connectivity index (χ0v) is 12.5. The number of rotatable bonds is 4.